The Morgan fingerprint density at radius 2 is 1.93 bits per heavy atom. The first kappa shape index (κ1) is 21.2. The van der Waals surface area contributed by atoms with E-state index in [1.165, 1.54) is 0 Å². The highest BCUT2D eigenvalue weighted by Crippen LogP contribution is 2.23. The van der Waals surface area contributed by atoms with Gasteiger partial charge in [0.1, 0.15) is 5.82 Å². The van der Waals surface area contributed by atoms with Crippen LogP contribution in [-0.2, 0) is 4.79 Å². The summed E-state index contributed by atoms with van der Waals surface area (Å²) in [6, 6.07) is 1.78. The molecule has 2 N–H and O–H groups in total. The summed E-state index contributed by atoms with van der Waals surface area (Å²) in [4.78, 5) is 33.6. The molecule has 27 heavy (non-hydrogen) atoms. The van der Waals surface area contributed by atoms with E-state index in [2.05, 4.69) is 34.4 Å². The van der Waals surface area contributed by atoms with Crippen LogP contribution in [0.25, 0.3) is 0 Å². The first-order chi connectivity index (χ1) is 13.1. The van der Waals surface area contributed by atoms with E-state index in [9.17, 15) is 9.59 Å². The largest absolute Gasteiger partial charge is 0.353 e. The van der Waals surface area contributed by atoms with Gasteiger partial charge < -0.3 is 20.4 Å². The van der Waals surface area contributed by atoms with E-state index in [1.807, 2.05) is 7.05 Å². The number of nitrogens with one attached hydrogen (secondary N) is 2. The summed E-state index contributed by atoms with van der Waals surface area (Å²) in [6.07, 6.45) is 5.96. The summed E-state index contributed by atoms with van der Waals surface area (Å²) in [6.45, 7) is 8.25. The van der Waals surface area contributed by atoms with E-state index in [-0.39, 0.29) is 11.8 Å². The second-order valence-corrected chi connectivity index (χ2v) is 7.06. The van der Waals surface area contributed by atoms with Gasteiger partial charge in [0.15, 0.2) is 0 Å². The third kappa shape index (κ3) is 6.20. The van der Waals surface area contributed by atoms with Gasteiger partial charge in [-0.25, -0.2) is 4.98 Å². The molecule has 0 saturated carbocycles. The highest BCUT2D eigenvalue weighted by Gasteiger charge is 2.23. The number of hydrogen-bond donors (Lipinski definition) is 2. The van der Waals surface area contributed by atoms with Gasteiger partial charge in [0.25, 0.3) is 5.91 Å². The maximum absolute atomic E-state index is 13.1. The van der Waals surface area contributed by atoms with Crippen molar-refractivity contribution in [3.05, 3.63) is 17.8 Å². The van der Waals surface area contributed by atoms with Crippen LogP contribution in [0.4, 0.5) is 11.5 Å². The molecule has 1 saturated heterocycles. The summed E-state index contributed by atoms with van der Waals surface area (Å²) in [5.74, 6) is 0.622. The molecule has 2 heterocycles. The topological polar surface area (TPSA) is 77.6 Å². The quantitative estimate of drug-likeness (QED) is 0.693. The minimum Gasteiger partial charge on any atom is -0.353 e. The molecule has 0 aliphatic carbocycles. The van der Waals surface area contributed by atoms with E-state index in [4.69, 9.17) is 0 Å². The van der Waals surface area contributed by atoms with E-state index >= 15 is 0 Å². The molecular formula is C20H33N5O2. The fraction of sp³-hybridized carbons (Fsp3) is 0.650. The van der Waals surface area contributed by atoms with Crippen LogP contribution in [0.1, 0.15) is 56.3 Å². The van der Waals surface area contributed by atoms with E-state index in [0.717, 1.165) is 51.9 Å². The lowest BCUT2D eigenvalue weighted by Gasteiger charge is -2.30. The van der Waals surface area contributed by atoms with Crippen LogP contribution >= 0.6 is 0 Å². The second-order valence-electron chi connectivity index (χ2n) is 7.06. The van der Waals surface area contributed by atoms with Crippen molar-refractivity contribution in [1.82, 2.24) is 15.2 Å². The predicted octanol–water partition coefficient (Wildman–Crippen LogP) is 2.49. The number of aromatic nitrogens is 1. The number of anilines is 2. The fourth-order valence-electron chi connectivity index (χ4n) is 3.08. The number of pyridine rings is 1. The molecule has 0 spiro atoms. The Hall–Kier alpha value is -2.15. The summed E-state index contributed by atoms with van der Waals surface area (Å²) < 4.78 is 0. The number of carbonyl (C=O) groups excluding carboxylic acids is 2. The highest BCUT2D eigenvalue weighted by atomic mass is 16.2. The number of unbranched alkanes of at least 4 members (excludes halogenated alkanes) is 2. The Kier molecular flexibility index (Phi) is 8.51. The molecule has 1 fully saturated rings. The molecule has 0 bridgehead atoms. The minimum absolute atomic E-state index is 0.0358. The van der Waals surface area contributed by atoms with Crippen molar-refractivity contribution < 1.29 is 9.59 Å². The van der Waals surface area contributed by atoms with Crippen LogP contribution in [0, 0.1) is 0 Å². The number of nitrogens with zero attached hydrogens (tertiary/aromatic N) is 3. The summed E-state index contributed by atoms with van der Waals surface area (Å²) >= 11 is 0. The second kappa shape index (κ2) is 10.9. The Morgan fingerprint density at radius 3 is 2.59 bits per heavy atom. The van der Waals surface area contributed by atoms with Crippen molar-refractivity contribution >= 4 is 23.3 Å². The SMILES string of the molecule is CCCCC(=O)Nc1cnc(N2CCNCC2)c(C(=O)N(C)CCCC)c1. The number of carbonyl (C=O) groups is 2. The number of piperazine rings is 1. The zero-order valence-electron chi connectivity index (χ0n) is 16.9. The van der Waals surface area contributed by atoms with E-state index in [0.29, 0.717) is 30.0 Å². The maximum Gasteiger partial charge on any atom is 0.257 e. The summed E-state index contributed by atoms with van der Waals surface area (Å²) in [5.41, 5.74) is 1.14. The average molecular weight is 376 g/mol. The molecule has 2 amide bonds. The molecule has 0 unspecified atom stereocenters. The van der Waals surface area contributed by atoms with Crippen molar-refractivity contribution in [2.24, 2.45) is 0 Å². The lowest BCUT2D eigenvalue weighted by Crippen LogP contribution is -2.45. The van der Waals surface area contributed by atoms with Crippen molar-refractivity contribution in [1.29, 1.82) is 0 Å². The van der Waals surface area contributed by atoms with Gasteiger partial charge in [-0.1, -0.05) is 26.7 Å². The molecule has 0 radical (unpaired) electrons. The zero-order chi connectivity index (χ0) is 19.6. The van der Waals surface area contributed by atoms with Crippen LogP contribution in [0.3, 0.4) is 0 Å². The number of rotatable bonds is 9. The van der Waals surface area contributed by atoms with Gasteiger partial charge in [-0.15, -0.1) is 0 Å². The molecule has 1 aromatic rings. The van der Waals surface area contributed by atoms with Crippen molar-refractivity contribution in [3.63, 3.8) is 0 Å². The van der Waals surface area contributed by atoms with Crippen LogP contribution in [0.5, 0.6) is 0 Å². The fourth-order valence-corrected chi connectivity index (χ4v) is 3.08. The standard InChI is InChI=1S/C20H33N5O2/c1-4-6-8-18(26)23-16-14-17(20(27)24(3)11-7-5-2)19(22-15-16)25-12-9-21-10-13-25/h14-15,21H,4-13H2,1-3H3,(H,23,26). The van der Waals surface area contributed by atoms with Gasteiger partial charge in [-0.2, -0.15) is 0 Å². The Bertz CT molecular complexity index is 629. The Balaban J connectivity index is 2.24. The first-order valence-corrected chi connectivity index (χ1v) is 10.1. The van der Waals surface area contributed by atoms with Gasteiger partial charge in [0.05, 0.1) is 17.4 Å². The number of hydrogen-bond acceptors (Lipinski definition) is 5. The summed E-state index contributed by atoms with van der Waals surface area (Å²) in [5, 5.41) is 6.20. The average Bonchev–Trinajstić information content (AvgIpc) is 2.70. The molecule has 1 aliphatic rings. The van der Waals surface area contributed by atoms with Gasteiger partial charge >= 0.3 is 0 Å². The smallest absolute Gasteiger partial charge is 0.257 e. The molecule has 0 atom stereocenters. The Morgan fingerprint density at radius 1 is 1.22 bits per heavy atom. The van der Waals surface area contributed by atoms with Gasteiger partial charge in [-0.3, -0.25) is 9.59 Å². The van der Waals surface area contributed by atoms with Crippen LogP contribution in [0.15, 0.2) is 12.3 Å². The molecule has 0 aromatic carbocycles. The lowest BCUT2D eigenvalue weighted by molar-refractivity contribution is -0.116. The Labute approximate surface area is 162 Å². The molecular weight excluding hydrogens is 342 g/mol. The highest BCUT2D eigenvalue weighted by molar-refractivity contribution is 6.01. The molecule has 1 aromatic heterocycles. The predicted molar refractivity (Wildman–Crippen MR) is 109 cm³/mol. The first-order valence-electron chi connectivity index (χ1n) is 10.1. The monoisotopic (exact) mass is 375 g/mol. The van der Waals surface area contributed by atoms with Gasteiger partial charge in [0, 0.05) is 46.2 Å². The zero-order valence-corrected chi connectivity index (χ0v) is 16.9. The molecule has 1 aliphatic heterocycles. The molecule has 2 rings (SSSR count). The minimum atomic E-state index is -0.0471. The van der Waals surface area contributed by atoms with E-state index in [1.54, 1.807) is 17.2 Å². The van der Waals surface area contributed by atoms with Gasteiger partial charge in [0.2, 0.25) is 5.91 Å². The van der Waals surface area contributed by atoms with Gasteiger partial charge in [-0.05, 0) is 18.9 Å². The van der Waals surface area contributed by atoms with E-state index < -0.39 is 0 Å². The van der Waals surface area contributed by atoms with Crippen molar-refractivity contribution in [3.8, 4) is 0 Å². The summed E-state index contributed by atoms with van der Waals surface area (Å²) in [7, 11) is 1.83. The third-order valence-corrected chi connectivity index (χ3v) is 4.75. The maximum atomic E-state index is 13.1. The van der Waals surface area contributed by atoms with Crippen molar-refractivity contribution in [2.75, 3.05) is 50.0 Å². The third-order valence-electron chi connectivity index (χ3n) is 4.75. The normalized spacial score (nSPS) is 14.1. The van der Waals surface area contributed by atoms with Crippen LogP contribution < -0.4 is 15.5 Å². The molecule has 7 heteroatoms. The number of amides is 2. The molecule has 7 nitrogen and oxygen atoms in total. The van der Waals surface area contributed by atoms with Crippen LogP contribution in [0.2, 0.25) is 0 Å². The lowest BCUT2D eigenvalue weighted by atomic mass is 10.1. The van der Waals surface area contributed by atoms with Crippen LogP contribution in [-0.4, -0.2) is 61.5 Å². The molecule has 150 valence electrons. The van der Waals surface area contributed by atoms with Crippen molar-refractivity contribution in [2.45, 2.75) is 46.0 Å².